The Morgan fingerprint density at radius 1 is 1.33 bits per heavy atom. The minimum absolute atomic E-state index is 0.301. The molecule has 1 aliphatic carbocycles. The van der Waals surface area contributed by atoms with Gasteiger partial charge in [0.25, 0.3) is 0 Å². The number of aliphatic carboxylic acids is 1. The first-order valence-corrected chi connectivity index (χ1v) is 7.68. The van der Waals surface area contributed by atoms with Gasteiger partial charge in [-0.2, -0.15) is 0 Å². The molecule has 2 N–H and O–H groups in total. The molecular weight excluding hydrogens is 266 g/mol. The largest absolute Gasteiger partial charge is 0.496 e. The summed E-state index contributed by atoms with van der Waals surface area (Å²) in [6.07, 6.45) is 6.17. The topological polar surface area (TPSA) is 58.6 Å². The third kappa shape index (κ3) is 3.97. The Morgan fingerprint density at radius 2 is 2.00 bits per heavy atom. The summed E-state index contributed by atoms with van der Waals surface area (Å²) in [6.45, 7) is 1.77. The quantitative estimate of drug-likeness (QED) is 0.846. The van der Waals surface area contributed by atoms with Crippen molar-refractivity contribution in [3.8, 4) is 5.75 Å². The standard InChI is InChI=1S/C17H25NO3/c1-17(16(19)20,18-14-9-4-3-5-10-14)12-13-8-6-7-11-15(13)21-2/h6-8,11,14,18H,3-5,9-10,12H2,1-2H3,(H,19,20). The van der Waals surface area contributed by atoms with Crippen molar-refractivity contribution in [3.63, 3.8) is 0 Å². The van der Waals surface area contributed by atoms with Crippen molar-refractivity contribution in [2.45, 2.75) is 57.0 Å². The number of carboxylic acids is 1. The number of ether oxygens (including phenoxy) is 1. The summed E-state index contributed by atoms with van der Waals surface area (Å²) >= 11 is 0. The van der Waals surface area contributed by atoms with E-state index in [0.29, 0.717) is 12.5 Å². The molecule has 1 saturated carbocycles. The van der Waals surface area contributed by atoms with Gasteiger partial charge in [0.2, 0.25) is 0 Å². The van der Waals surface area contributed by atoms with E-state index in [1.54, 1.807) is 14.0 Å². The lowest BCUT2D eigenvalue weighted by Crippen LogP contribution is -2.55. The summed E-state index contributed by atoms with van der Waals surface area (Å²) in [4.78, 5) is 11.8. The first-order valence-electron chi connectivity index (χ1n) is 7.68. The Balaban J connectivity index is 2.15. The predicted octanol–water partition coefficient (Wildman–Crippen LogP) is 3.00. The molecule has 1 aromatic rings. The van der Waals surface area contributed by atoms with E-state index in [2.05, 4.69) is 5.32 Å². The molecule has 1 aliphatic rings. The molecule has 0 bridgehead atoms. The molecule has 1 unspecified atom stereocenters. The number of carbonyl (C=O) groups is 1. The number of carboxylic acid groups (broad SMARTS) is 1. The van der Waals surface area contributed by atoms with Gasteiger partial charge in [-0.3, -0.25) is 10.1 Å². The first kappa shape index (κ1) is 15.8. The number of methoxy groups -OCH3 is 1. The SMILES string of the molecule is COc1ccccc1CC(C)(NC1CCCCC1)C(=O)O. The molecule has 1 atom stereocenters. The maximum atomic E-state index is 11.8. The molecule has 1 fully saturated rings. The molecule has 4 nitrogen and oxygen atoms in total. The second kappa shape index (κ2) is 6.94. The molecule has 0 saturated heterocycles. The second-order valence-electron chi connectivity index (χ2n) is 6.11. The van der Waals surface area contributed by atoms with Crippen molar-refractivity contribution < 1.29 is 14.6 Å². The fourth-order valence-electron chi connectivity index (χ4n) is 3.12. The lowest BCUT2D eigenvalue weighted by atomic mass is 9.88. The molecule has 4 heteroatoms. The van der Waals surface area contributed by atoms with Crippen LogP contribution in [0.1, 0.15) is 44.6 Å². The molecule has 0 spiro atoms. The lowest BCUT2D eigenvalue weighted by Gasteiger charge is -2.34. The molecule has 0 aromatic heterocycles. The number of rotatable bonds is 6. The minimum atomic E-state index is -0.962. The van der Waals surface area contributed by atoms with Gasteiger partial charge in [-0.25, -0.2) is 0 Å². The van der Waals surface area contributed by atoms with Crippen molar-refractivity contribution in [2.24, 2.45) is 0 Å². The number of para-hydroxylation sites is 1. The second-order valence-corrected chi connectivity index (χ2v) is 6.11. The minimum Gasteiger partial charge on any atom is -0.496 e. The highest BCUT2D eigenvalue weighted by Gasteiger charge is 2.36. The van der Waals surface area contributed by atoms with Crippen LogP contribution in [-0.2, 0) is 11.2 Å². The van der Waals surface area contributed by atoms with E-state index in [1.807, 2.05) is 24.3 Å². The molecule has 1 aromatic carbocycles. The van der Waals surface area contributed by atoms with Crippen molar-refractivity contribution in [1.82, 2.24) is 5.32 Å². The van der Waals surface area contributed by atoms with E-state index >= 15 is 0 Å². The van der Waals surface area contributed by atoms with Gasteiger partial charge in [0.15, 0.2) is 0 Å². The van der Waals surface area contributed by atoms with Crippen LogP contribution in [0.15, 0.2) is 24.3 Å². The van der Waals surface area contributed by atoms with Crippen LogP contribution in [0.4, 0.5) is 0 Å². The molecule has 0 aliphatic heterocycles. The van der Waals surface area contributed by atoms with Crippen LogP contribution in [0.2, 0.25) is 0 Å². The maximum Gasteiger partial charge on any atom is 0.323 e. The van der Waals surface area contributed by atoms with Crippen LogP contribution in [0.25, 0.3) is 0 Å². The Labute approximate surface area is 126 Å². The average molecular weight is 291 g/mol. The zero-order chi connectivity index (χ0) is 15.3. The smallest absolute Gasteiger partial charge is 0.323 e. The van der Waals surface area contributed by atoms with E-state index in [1.165, 1.54) is 19.3 Å². The summed E-state index contributed by atoms with van der Waals surface area (Å²) in [6, 6.07) is 7.92. The number of hydrogen-bond acceptors (Lipinski definition) is 3. The average Bonchev–Trinajstić information content (AvgIpc) is 2.48. The van der Waals surface area contributed by atoms with Gasteiger partial charge in [-0.1, -0.05) is 37.5 Å². The lowest BCUT2D eigenvalue weighted by molar-refractivity contribution is -0.144. The van der Waals surface area contributed by atoms with Gasteiger partial charge in [0.05, 0.1) is 7.11 Å². The fourth-order valence-corrected chi connectivity index (χ4v) is 3.12. The van der Waals surface area contributed by atoms with E-state index in [-0.39, 0.29) is 0 Å². The molecule has 2 rings (SSSR count). The van der Waals surface area contributed by atoms with Crippen molar-refractivity contribution in [1.29, 1.82) is 0 Å². The van der Waals surface area contributed by atoms with Crippen LogP contribution in [0.3, 0.4) is 0 Å². The van der Waals surface area contributed by atoms with Crippen LogP contribution in [0.5, 0.6) is 5.75 Å². The summed E-state index contributed by atoms with van der Waals surface area (Å²) in [7, 11) is 1.62. The highest BCUT2D eigenvalue weighted by atomic mass is 16.5. The maximum absolute atomic E-state index is 11.8. The van der Waals surface area contributed by atoms with Crippen LogP contribution in [0, 0.1) is 0 Å². The molecule has 21 heavy (non-hydrogen) atoms. The molecule has 0 radical (unpaired) electrons. The van der Waals surface area contributed by atoms with Crippen molar-refractivity contribution in [2.75, 3.05) is 7.11 Å². The van der Waals surface area contributed by atoms with Crippen molar-refractivity contribution in [3.05, 3.63) is 29.8 Å². The first-order chi connectivity index (χ1) is 10.0. The van der Waals surface area contributed by atoms with E-state index < -0.39 is 11.5 Å². The van der Waals surface area contributed by atoms with Crippen molar-refractivity contribution >= 4 is 5.97 Å². The highest BCUT2D eigenvalue weighted by molar-refractivity contribution is 5.79. The Bertz CT molecular complexity index is 483. The number of nitrogens with one attached hydrogen (secondary N) is 1. The number of benzene rings is 1. The predicted molar refractivity (Wildman–Crippen MR) is 82.7 cm³/mol. The van der Waals surface area contributed by atoms with Gasteiger partial charge < -0.3 is 9.84 Å². The fraction of sp³-hybridized carbons (Fsp3) is 0.588. The van der Waals surface area contributed by atoms with Gasteiger partial charge in [0.1, 0.15) is 11.3 Å². The Morgan fingerprint density at radius 3 is 2.62 bits per heavy atom. The van der Waals surface area contributed by atoms with Gasteiger partial charge in [0, 0.05) is 12.5 Å². The van der Waals surface area contributed by atoms with Gasteiger partial charge in [-0.15, -0.1) is 0 Å². The summed E-state index contributed by atoms with van der Waals surface area (Å²) in [5.74, 6) is -0.0607. The zero-order valence-electron chi connectivity index (χ0n) is 12.9. The normalized spacial score (nSPS) is 19.0. The van der Waals surface area contributed by atoms with Gasteiger partial charge >= 0.3 is 5.97 Å². The molecule has 0 heterocycles. The third-order valence-electron chi connectivity index (χ3n) is 4.34. The van der Waals surface area contributed by atoms with E-state index in [0.717, 1.165) is 24.2 Å². The number of hydrogen-bond donors (Lipinski definition) is 2. The molecular formula is C17H25NO3. The highest BCUT2D eigenvalue weighted by Crippen LogP contribution is 2.26. The summed E-state index contributed by atoms with van der Waals surface area (Å²) in [5, 5.41) is 13.1. The Kier molecular flexibility index (Phi) is 5.23. The third-order valence-corrected chi connectivity index (χ3v) is 4.34. The van der Waals surface area contributed by atoms with E-state index in [9.17, 15) is 9.90 Å². The molecule has 116 valence electrons. The van der Waals surface area contributed by atoms with Crippen LogP contribution in [-0.4, -0.2) is 29.8 Å². The van der Waals surface area contributed by atoms with Gasteiger partial charge in [-0.05, 0) is 31.4 Å². The van der Waals surface area contributed by atoms with Crippen LogP contribution < -0.4 is 10.1 Å². The zero-order valence-corrected chi connectivity index (χ0v) is 12.9. The summed E-state index contributed by atoms with van der Waals surface area (Å²) in [5.41, 5.74) is -0.0374. The monoisotopic (exact) mass is 291 g/mol. The van der Waals surface area contributed by atoms with Crippen LogP contribution >= 0.6 is 0 Å². The summed E-state index contributed by atoms with van der Waals surface area (Å²) < 4.78 is 5.34. The van der Waals surface area contributed by atoms with E-state index in [4.69, 9.17) is 4.74 Å². The Hall–Kier alpha value is -1.55. The molecule has 0 amide bonds.